The molecule has 1 rings (SSSR count). The lowest BCUT2D eigenvalue weighted by molar-refractivity contribution is 0.240. The minimum absolute atomic E-state index is 0.246. The van der Waals surface area contributed by atoms with E-state index in [1.807, 2.05) is 13.1 Å². The molecule has 1 aromatic rings. The Morgan fingerprint density at radius 3 is 2.67 bits per heavy atom. The lowest BCUT2D eigenvalue weighted by Crippen LogP contribution is -2.10. The fourth-order valence-corrected chi connectivity index (χ4v) is 1.53. The highest BCUT2D eigenvalue weighted by Gasteiger charge is 2.03. The molecular weight excluding hydrogens is 186 g/mol. The molecular formula is C13H21NO. The van der Waals surface area contributed by atoms with Crippen LogP contribution in [0.3, 0.4) is 0 Å². The van der Waals surface area contributed by atoms with Gasteiger partial charge in [0.2, 0.25) is 0 Å². The molecule has 0 amide bonds. The molecule has 0 aliphatic heterocycles. The van der Waals surface area contributed by atoms with Crippen molar-refractivity contribution in [2.75, 3.05) is 13.6 Å². The fourth-order valence-electron chi connectivity index (χ4n) is 1.53. The number of hydrogen-bond donors (Lipinski definition) is 1. The molecule has 15 heavy (non-hydrogen) atoms. The Labute approximate surface area is 92.6 Å². The van der Waals surface area contributed by atoms with Crippen molar-refractivity contribution in [3.8, 4) is 5.75 Å². The highest BCUT2D eigenvalue weighted by molar-refractivity contribution is 5.33. The zero-order valence-electron chi connectivity index (χ0n) is 9.92. The second kappa shape index (κ2) is 6.46. The minimum atomic E-state index is 0.246. The van der Waals surface area contributed by atoms with Crippen molar-refractivity contribution >= 4 is 0 Å². The molecule has 2 nitrogen and oxygen atoms in total. The van der Waals surface area contributed by atoms with E-state index in [0.29, 0.717) is 0 Å². The maximum Gasteiger partial charge on any atom is 0.122 e. The van der Waals surface area contributed by atoms with Crippen molar-refractivity contribution in [3.63, 3.8) is 0 Å². The van der Waals surface area contributed by atoms with Gasteiger partial charge in [-0.1, -0.05) is 18.2 Å². The topological polar surface area (TPSA) is 21.3 Å². The summed E-state index contributed by atoms with van der Waals surface area (Å²) in [6.07, 6.45) is 2.47. The van der Waals surface area contributed by atoms with Crippen LogP contribution in [-0.4, -0.2) is 19.7 Å². The standard InChI is InChI=1S/C13H21NO/c1-11(2)15-13-9-5-4-7-12(13)8-6-10-14-3/h4-5,7,9,11,14H,6,8,10H2,1-3H3. The number of nitrogens with one attached hydrogen (secondary N) is 1. The van der Waals surface area contributed by atoms with Gasteiger partial charge < -0.3 is 10.1 Å². The summed E-state index contributed by atoms with van der Waals surface area (Å²) in [7, 11) is 1.98. The third kappa shape index (κ3) is 4.34. The van der Waals surface area contributed by atoms with Crippen LogP contribution in [0.1, 0.15) is 25.8 Å². The second-order valence-electron chi connectivity index (χ2n) is 3.98. The van der Waals surface area contributed by atoms with Crippen molar-refractivity contribution in [2.45, 2.75) is 32.8 Å². The first-order chi connectivity index (χ1) is 7.24. The van der Waals surface area contributed by atoms with Crippen LogP contribution < -0.4 is 10.1 Å². The summed E-state index contributed by atoms with van der Waals surface area (Å²) < 4.78 is 5.76. The van der Waals surface area contributed by atoms with Gasteiger partial charge in [0.1, 0.15) is 5.75 Å². The molecule has 84 valence electrons. The number of rotatable bonds is 6. The quantitative estimate of drug-likeness (QED) is 0.724. The third-order valence-corrected chi connectivity index (χ3v) is 2.21. The van der Waals surface area contributed by atoms with Crippen LogP contribution in [0.25, 0.3) is 0 Å². The Bertz CT molecular complexity index is 284. The predicted octanol–water partition coefficient (Wildman–Crippen LogP) is 2.63. The Balaban J connectivity index is 2.60. The molecule has 0 aliphatic rings. The molecule has 0 saturated heterocycles. The summed E-state index contributed by atoms with van der Waals surface area (Å²) in [5.74, 6) is 1.03. The molecule has 1 aromatic carbocycles. The van der Waals surface area contributed by atoms with Gasteiger partial charge in [0.05, 0.1) is 6.10 Å². The van der Waals surface area contributed by atoms with E-state index in [1.54, 1.807) is 0 Å². The van der Waals surface area contributed by atoms with Gasteiger partial charge in [-0.05, 0) is 51.9 Å². The van der Waals surface area contributed by atoms with Gasteiger partial charge in [0, 0.05) is 0 Å². The van der Waals surface area contributed by atoms with E-state index in [2.05, 4.69) is 37.4 Å². The van der Waals surface area contributed by atoms with Crippen LogP contribution in [0.2, 0.25) is 0 Å². The molecule has 0 bridgehead atoms. The fraction of sp³-hybridized carbons (Fsp3) is 0.538. The molecule has 0 fully saturated rings. The molecule has 0 saturated carbocycles. The van der Waals surface area contributed by atoms with Gasteiger partial charge in [-0.15, -0.1) is 0 Å². The highest BCUT2D eigenvalue weighted by atomic mass is 16.5. The molecule has 0 spiro atoms. The normalized spacial score (nSPS) is 10.7. The molecule has 1 N–H and O–H groups in total. The van der Waals surface area contributed by atoms with E-state index in [4.69, 9.17) is 4.74 Å². The van der Waals surface area contributed by atoms with Gasteiger partial charge in [0.25, 0.3) is 0 Å². The molecule has 0 unspecified atom stereocenters. The lowest BCUT2D eigenvalue weighted by Gasteiger charge is -2.13. The summed E-state index contributed by atoms with van der Waals surface area (Å²) in [6, 6.07) is 8.29. The third-order valence-electron chi connectivity index (χ3n) is 2.21. The minimum Gasteiger partial charge on any atom is -0.491 e. The van der Waals surface area contributed by atoms with E-state index in [1.165, 1.54) is 5.56 Å². The molecule has 0 atom stereocenters. The van der Waals surface area contributed by atoms with Gasteiger partial charge in [0.15, 0.2) is 0 Å². The van der Waals surface area contributed by atoms with Crippen molar-refractivity contribution in [1.82, 2.24) is 5.32 Å². The van der Waals surface area contributed by atoms with Crippen LogP contribution in [0.15, 0.2) is 24.3 Å². The summed E-state index contributed by atoms with van der Waals surface area (Å²) in [5, 5.41) is 3.16. The summed E-state index contributed by atoms with van der Waals surface area (Å²) in [4.78, 5) is 0. The lowest BCUT2D eigenvalue weighted by atomic mass is 10.1. The maximum absolute atomic E-state index is 5.76. The summed E-state index contributed by atoms with van der Waals surface area (Å²) >= 11 is 0. The smallest absolute Gasteiger partial charge is 0.122 e. The van der Waals surface area contributed by atoms with Crippen molar-refractivity contribution < 1.29 is 4.74 Å². The van der Waals surface area contributed by atoms with Crippen molar-refractivity contribution in [2.24, 2.45) is 0 Å². The molecule has 2 heteroatoms. The zero-order valence-corrected chi connectivity index (χ0v) is 9.92. The summed E-state index contributed by atoms with van der Waals surface area (Å²) in [5.41, 5.74) is 1.31. The Kier molecular flexibility index (Phi) is 5.19. The number of para-hydroxylation sites is 1. The van der Waals surface area contributed by atoms with E-state index < -0.39 is 0 Å². The van der Waals surface area contributed by atoms with E-state index >= 15 is 0 Å². The average molecular weight is 207 g/mol. The Morgan fingerprint density at radius 1 is 1.27 bits per heavy atom. The number of hydrogen-bond acceptors (Lipinski definition) is 2. The van der Waals surface area contributed by atoms with Crippen LogP contribution in [0.4, 0.5) is 0 Å². The predicted molar refractivity (Wildman–Crippen MR) is 64.5 cm³/mol. The number of ether oxygens (including phenoxy) is 1. The monoisotopic (exact) mass is 207 g/mol. The Hall–Kier alpha value is -1.02. The second-order valence-corrected chi connectivity index (χ2v) is 3.98. The first-order valence-corrected chi connectivity index (χ1v) is 5.63. The van der Waals surface area contributed by atoms with E-state index in [-0.39, 0.29) is 6.10 Å². The number of aryl methyl sites for hydroxylation is 1. The van der Waals surface area contributed by atoms with Crippen LogP contribution in [0.5, 0.6) is 5.75 Å². The van der Waals surface area contributed by atoms with Crippen LogP contribution >= 0.6 is 0 Å². The first-order valence-electron chi connectivity index (χ1n) is 5.63. The summed E-state index contributed by atoms with van der Waals surface area (Å²) in [6.45, 7) is 5.17. The molecule has 0 aliphatic carbocycles. The molecule has 0 radical (unpaired) electrons. The highest BCUT2D eigenvalue weighted by Crippen LogP contribution is 2.20. The van der Waals surface area contributed by atoms with Crippen molar-refractivity contribution in [3.05, 3.63) is 29.8 Å². The van der Waals surface area contributed by atoms with E-state index in [9.17, 15) is 0 Å². The Morgan fingerprint density at radius 2 is 2.00 bits per heavy atom. The maximum atomic E-state index is 5.76. The first kappa shape index (κ1) is 12.1. The van der Waals surface area contributed by atoms with E-state index in [0.717, 1.165) is 25.1 Å². The molecule has 0 aromatic heterocycles. The largest absolute Gasteiger partial charge is 0.491 e. The zero-order chi connectivity index (χ0) is 11.1. The van der Waals surface area contributed by atoms with Gasteiger partial charge in [-0.25, -0.2) is 0 Å². The van der Waals surface area contributed by atoms with Gasteiger partial charge >= 0.3 is 0 Å². The van der Waals surface area contributed by atoms with Crippen LogP contribution in [0, 0.1) is 0 Å². The van der Waals surface area contributed by atoms with Crippen LogP contribution in [-0.2, 0) is 6.42 Å². The number of benzene rings is 1. The van der Waals surface area contributed by atoms with Gasteiger partial charge in [-0.3, -0.25) is 0 Å². The van der Waals surface area contributed by atoms with Crippen molar-refractivity contribution in [1.29, 1.82) is 0 Å². The molecule has 0 heterocycles. The average Bonchev–Trinajstić information content (AvgIpc) is 2.20. The SMILES string of the molecule is CNCCCc1ccccc1OC(C)C. The van der Waals surface area contributed by atoms with Gasteiger partial charge in [-0.2, -0.15) is 0 Å².